The summed E-state index contributed by atoms with van der Waals surface area (Å²) >= 11 is 5.99. The molecular weight excluding hydrogens is 334 g/mol. The standard InChI is InChI=1S/C20H26ClN3O/c1-14-11-19(15(2)24(14)17-7-5-16(21)6-8-17)20(25)13-23-10-9-18(12-23)22(3)4/h5-8,11,18H,9-10,12-13H2,1-4H3. The molecule has 1 saturated heterocycles. The number of rotatable bonds is 5. The Morgan fingerprint density at radius 3 is 2.52 bits per heavy atom. The molecule has 4 nitrogen and oxygen atoms in total. The van der Waals surface area contributed by atoms with Gasteiger partial charge in [0.15, 0.2) is 5.78 Å². The van der Waals surface area contributed by atoms with Gasteiger partial charge in [-0.2, -0.15) is 0 Å². The van der Waals surface area contributed by atoms with E-state index in [0.29, 0.717) is 17.6 Å². The fourth-order valence-corrected chi connectivity index (χ4v) is 3.82. The van der Waals surface area contributed by atoms with Gasteiger partial charge in [-0.05, 0) is 64.7 Å². The number of halogens is 1. The second-order valence-electron chi connectivity index (χ2n) is 7.16. The van der Waals surface area contributed by atoms with Gasteiger partial charge in [0.1, 0.15) is 0 Å². The van der Waals surface area contributed by atoms with Gasteiger partial charge < -0.3 is 9.47 Å². The largest absolute Gasteiger partial charge is 0.318 e. The van der Waals surface area contributed by atoms with Crippen LogP contribution in [0.5, 0.6) is 0 Å². The van der Waals surface area contributed by atoms with Crippen molar-refractivity contribution in [3.8, 4) is 5.69 Å². The number of likely N-dealkylation sites (tertiary alicyclic amines) is 1. The van der Waals surface area contributed by atoms with Gasteiger partial charge in [-0.1, -0.05) is 11.6 Å². The monoisotopic (exact) mass is 359 g/mol. The fraction of sp³-hybridized carbons (Fsp3) is 0.450. The van der Waals surface area contributed by atoms with Crippen molar-refractivity contribution in [2.45, 2.75) is 26.3 Å². The molecule has 2 heterocycles. The van der Waals surface area contributed by atoms with E-state index in [4.69, 9.17) is 11.6 Å². The Balaban J connectivity index is 1.78. The van der Waals surface area contributed by atoms with Crippen molar-refractivity contribution in [3.05, 3.63) is 52.3 Å². The molecule has 0 saturated carbocycles. The molecule has 0 amide bonds. The molecule has 1 aromatic heterocycles. The van der Waals surface area contributed by atoms with Crippen LogP contribution in [0.3, 0.4) is 0 Å². The third kappa shape index (κ3) is 3.81. The normalized spacial score (nSPS) is 18.2. The van der Waals surface area contributed by atoms with Crippen molar-refractivity contribution in [1.29, 1.82) is 0 Å². The fourth-order valence-electron chi connectivity index (χ4n) is 3.70. The number of benzene rings is 1. The van der Waals surface area contributed by atoms with Gasteiger partial charge in [0, 0.05) is 46.8 Å². The summed E-state index contributed by atoms with van der Waals surface area (Å²) in [7, 11) is 4.21. The second kappa shape index (κ2) is 7.32. The highest BCUT2D eigenvalue weighted by Gasteiger charge is 2.26. The zero-order valence-electron chi connectivity index (χ0n) is 15.4. The van der Waals surface area contributed by atoms with Crippen molar-refractivity contribution >= 4 is 17.4 Å². The van der Waals surface area contributed by atoms with Crippen LogP contribution in [0, 0.1) is 13.8 Å². The lowest BCUT2D eigenvalue weighted by Crippen LogP contribution is -2.33. The minimum atomic E-state index is 0.202. The lowest BCUT2D eigenvalue weighted by atomic mass is 10.1. The van der Waals surface area contributed by atoms with Gasteiger partial charge in [-0.25, -0.2) is 0 Å². The highest BCUT2D eigenvalue weighted by molar-refractivity contribution is 6.30. The highest BCUT2D eigenvalue weighted by Crippen LogP contribution is 2.23. The first-order valence-electron chi connectivity index (χ1n) is 8.73. The number of carbonyl (C=O) groups excluding carboxylic acids is 1. The molecule has 0 N–H and O–H groups in total. The summed E-state index contributed by atoms with van der Waals surface area (Å²) in [5.74, 6) is 0.202. The summed E-state index contributed by atoms with van der Waals surface area (Å²) in [6.45, 7) is 6.51. The van der Waals surface area contributed by atoms with Crippen LogP contribution < -0.4 is 0 Å². The van der Waals surface area contributed by atoms with E-state index in [2.05, 4.69) is 28.5 Å². The van der Waals surface area contributed by atoms with Crippen molar-refractivity contribution in [1.82, 2.24) is 14.4 Å². The van der Waals surface area contributed by atoms with Crippen LogP contribution in [-0.2, 0) is 0 Å². The molecule has 1 unspecified atom stereocenters. The molecule has 1 aliphatic rings. The molecule has 2 aromatic rings. The summed E-state index contributed by atoms with van der Waals surface area (Å²) in [4.78, 5) is 17.4. The van der Waals surface area contributed by atoms with Crippen LogP contribution in [0.25, 0.3) is 5.69 Å². The van der Waals surface area contributed by atoms with Crippen LogP contribution in [0.1, 0.15) is 28.2 Å². The average Bonchev–Trinajstić information content (AvgIpc) is 3.13. The molecule has 25 heavy (non-hydrogen) atoms. The molecule has 134 valence electrons. The maximum Gasteiger partial charge on any atom is 0.178 e. The van der Waals surface area contributed by atoms with Gasteiger partial charge in [0.25, 0.3) is 0 Å². The number of likely N-dealkylation sites (N-methyl/N-ethyl adjacent to an activating group) is 1. The Morgan fingerprint density at radius 2 is 1.92 bits per heavy atom. The zero-order chi connectivity index (χ0) is 18.1. The quantitative estimate of drug-likeness (QED) is 0.764. The SMILES string of the molecule is Cc1cc(C(=O)CN2CCC(N(C)C)C2)c(C)n1-c1ccc(Cl)cc1. The number of aryl methyl sites for hydroxylation is 1. The summed E-state index contributed by atoms with van der Waals surface area (Å²) < 4.78 is 2.12. The van der Waals surface area contributed by atoms with E-state index < -0.39 is 0 Å². The molecule has 0 aliphatic carbocycles. The van der Waals surface area contributed by atoms with Gasteiger partial charge in [0.05, 0.1) is 6.54 Å². The van der Waals surface area contributed by atoms with E-state index in [9.17, 15) is 4.79 Å². The molecule has 1 fully saturated rings. The number of ketones is 1. The third-order valence-corrected chi connectivity index (χ3v) is 5.41. The first-order valence-corrected chi connectivity index (χ1v) is 9.11. The van der Waals surface area contributed by atoms with Gasteiger partial charge in [-0.3, -0.25) is 9.69 Å². The van der Waals surface area contributed by atoms with Gasteiger partial charge in [-0.15, -0.1) is 0 Å². The van der Waals surface area contributed by atoms with Crippen LogP contribution in [-0.4, -0.2) is 59.9 Å². The summed E-state index contributed by atoms with van der Waals surface area (Å²) in [6.07, 6.45) is 1.13. The van der Waals surface area contributed by atoms with Crippen LogP contribution in [0.15, 0.2) is 30.3 Å². The molecular formula is C20H26ClN3O. The Morgan fingerprint density at radius 1 is 1.24 bits per heavy atom. The number of nitrogens with zero attached hydrogens (tertiary/aromatic N) is 3. The Bertz CT molecular complexity index is 764. The lowest BCUT2D eigenvalue weighted by Gasteiger charge is -2.19. The van der Waals surface area contributed by atoms with Crippen molar-refractivity contribution < 1.29 is 4.79 Å². The van der Waals surface area contributed by atoms with E-state index >= 15 is 0 Å². The third-order valence-electron chi connectivity index (χ3n) is 5.16. The number of Topliss-reactive ketones (excluding diaryl/α,β-unsaturated/α-hetero) is 1. The van der Waals surface area contributed by atoms with Crippen molar-refractivity contribution in [3.63, 3.8) is 0 Å². The van der Waals surface area contributed by atoms with Crippen molar-refractivity contribution in [2.75, 3.05) is 33.7 Å². The second-order valence-corrected chi connectivity index (χ2v) is 7.60. The molecule has 0 spiro atoms. The van der Waals surface area contributed by atoms with E-state index in [0.717, 1.165) is 42.1 Å². The smallest absolute Gasteiger partial charge is 0.178 e. The molecule has 3 rings (SSSR count). The summed E-state index contributed by atoms with van der Waals surface area (Å²) in [5, 5.41) is 0.715. The summed E-state index contributed by atoms with van der Waals surface area (Å²) in [6, 6.07) is 10.3. The molecule has 1 aliphatic heterocycles. The summed E-state index contributed by atoms with van der Waals surface area (Å²) in [5.41, 5.74) is 3.91. The first-order chi connectivity index (χ1) is 11.9. The van der Waals surface area contributed by atoms with E-state index in [1.807, 2.05) is 44.2 Å². The Labute approximate surface area is 155 Å². The van der Waals surface area contributed by atoms with Gasteiger partial charge in [0.2, 0.25) is 0 Å². The van der Waals surface area contributed by atoms with Crippen LogP contribution in [0.2, 0.25) is 5.02 Å². The lowest BCUT2D eigenvalue weighted by molar-refractivity contribution is 0.0941. The minimum Gasteiger partial charge on any atom is -0.318 e. The maximum absolute atomic E-state index is 12.9. The average molecular weight is 360 g/mol. The van der Waals surface area contributed by atoms with E-state index in [-0.39, 0.29) is 5.78 Å². The van der Waals surface area contributed by atoms with E-state index in [1.165, 1.54) is 0 Å². The number of hydrogen-bond acceptors (Lipinski definition) is 3. The molecule has 0 radical (unpaired) electrons. The zero-order valence-corrected chi connectivity index (χ0v) is 16.2. The predicted octanol–water partition coefficient (Wildman–Crippen LogP) is 3.57. The minimum absolute atomic E-state index is 0.202. The van der Waals surface area contributed by atoms with E-state index in [1.54, 1.807) is 0 Å². The van der Waals surface area contributed by atoms with Crippen LogP contribution >= 0.6 is 11.6 Å². The Kier molecular flexibility index (Phi) is 5.32. The Hall–Kier alpha value is -1.62. The van der Waals surface area contributed by atoms with Crippen LogP contribution in [0.4, 0.5) is 0 Å². The number of hydrogen-bond donors (Lipinski definition) is 0. The maximum atomic E-state index is 12.9. The number of aromatic nitrogens is 1. The molecule has 1 atom stereocenters. The van der Waals surface area contributed by atoms with Crippen molar-refractivity contribution in [2.24, 2.45) is 0 Å². The molecule has 5 heteroatoms. The predicted molar refractivity (Wildman–Crippen MR) is 103 cm³/mol. The molecule has 0 bridgehead atoms. The first kappa shape index (κ1) is 18.2. The highest BCUT2D eigenvalue weighted by atomic mass is 35.5. The molecule has 1 aromatic carbocycles. The number of carbonyl (C=O) groups is 1. The van der Waals surface area contributed by atoms with Gasteiger partial charge >= 0.3 is 0 Å². The topological polar surface area (TPSA) is 28.5 Å².